The van der Waals surface area contributed by atoms with Crippen molar-refractivity contribution >= 4 is 11.3 Å². The van der Waals surface area contributed by atoms with Gasteiger partial charge in [0, 0.05) is 23.7 Å². The SMILES string of the molecule is NC1=CC2Cc3cc(N)ccc3C2=CC1. The number of rotatable bonds is 0. The highest BCUT2D eigenvalue weighted by Crippen LogP contribution is 2.41. The smallest absolute Gasteiger partial charge is 0.0317 e. The van der Waals surface area contributed by atoms with E-state index in [0.717, 1.165) is 24.2 Å². The van der Waals surface area contributed by atoms with E-state index in [9.17, 15) is 0 Å². The lowest BCUT2D eigenvalue weighted by Crippen LogP contribution is -2.06. The molecule has 3 rings (SSSR count). The largest absolute Gasteiger partial charge is 0.402 e. The van der Waals surface area contributed by atoms with Crippen LogP contribution in [-0.2, 0) is 6.42 Å². The van der Waals surface area contributed by atoms with Gasteiger partial charge in [-0.05, 0) is 35.3 Å². The van der Waals surface area contributed by atoms with Gasteiger partial charge < -0.3 is 11.5 Å². The monoisotopic (exact) mass is 198 g/mol. The zero-order valence-corrected chi connectivity index (χ0v) is 8.53. The van der Waals surface area contributed by atoms with E-state index in [4.69, 9.17) is 11.5 Å². The summed E-state index contributed by atoms with van der Waals surface area (Å²) in [6.45, 7) is 0. The van der Waals surface area contributed by atoms with Crippen LogP contribution in [0.15, 0.2) is 36.0 Å². The summed E-state index contributed by atoms with van der Waals surface area (Å²) in [5.74, 6) is 0.482. The molecule has 1 aromatic rings. The minimum absolute atomic E-state index is 0.482. The molecule has 2 aliphatic carbocycles. The van der Waals surface area contributed by atoms with E-state index in [1.165, 1.54) is 16.7 Å². The van der Waals surface area contributed by atoms with Crippen LogP contribution in [0, 0.1) is 5.92 Å². The Kier molecular flexibility index (Phi) is 1.66. The first kappa shape index (κ1) is 8.60. The van der Waals surface area contributed by atoms with Crippen molar-refractivity contribution in [3.8, 4) is 0 Å². The van der Waals surface area contributed by atoms with Crippen molar-refractivity contribution in [2.45, 2.75) is 12.8 Å². The zero-order chi connectivity index (χ0) is 10.4. The fourth-order valence-corrected chi connectivity index (χ4v) is 2.58. The Morgan fingerprint density at radius 2 is 2.07 bits per heavy atom. The average Bonchev–Trinajstić information content (AvgIpc) is 2.53. The third kappa shape index (κ3) is 1.25. The maximum absolute atomic E-state index is 5.85. The number of nitrogen functional groups attached to an aromatic ring is 1. The number of benzene rings is 1. The molecule has 0 aliphatic heterocycles. The third-order valence-electron chi connectivity index (χ3n) is 3.25. The van der Waals surface area contributed by atoms with Gasteiger partial charge in [0.25, 0.3) is 0 Å². The van der Waals surface area contributed by atoms with Crippen LogP contribution in [0.4, 0.5) is 5.69 Å². The molecule has 1 atom stereocenters. The van der Waals surface area contributed by atoms with Gasteiger partial charge >= 0.3 is 0 Å². The van der Waals surface area contributed by atoms with Crippen LogP contribution in [0.5, 0.6) is 0 Å². The van der Waals surface area contributed by atoms with Gasteiger partial charge in [-0.1, -0.05) is 18.2 Å². The molecule has 0 bridgehead atoms. The molecule has 0 aromatic heterocycles. The zero-order valence-electron chi connectivity index (χ0n) is 8.53. The highest BCUT2D eigenvalue weighted by Gasteiger charge is 2.27. The Balaban J connectivity index is 2.10. The number of nitrogens with two attached hydrogens (primary N) is 2. The summed E-state index contributed by atoms with van der Waals surface area (Å²) in [6, 6.07) is 6.19. The molecule has 0 saturated heterocycles. The molecule has 0 spiro atoms. The van der Waals surface area contributed by atoms with Crippen molar-refractivity contribution in [1.29, 1.82) is 0 Å². The molecule has 4 N–H and O–H groups in total. The molecule has 2 aliphatic rings. The molecule has 1 unspecified atom stereocenters. The summed E-state index contributed by atoms with van der Waals surface area (Å²) in [5, 5.41) is 0. The molecule has 0 fully saturated rings. The van der Waals surface area contributed by atoms with E-state index in [1.54, 1.807) is 0 Å². The molecular formula is C13H14N2. The molecule has 15 heavy (non-hydrogen) atoms. The minimum Gasteiger partial charge on any atom is -0.402 e. The lowest BCUT2D eigenvalue weighted by Gasteiger charge is -2.14. The maximum atomic E-state index is 5.85. The van der Waals surface area contributed by atoms with Gasteiger partial charge in [-0.2, -0.15) is 0 Å². The van der Waals surface area contributed by atoms with Gasteiger partial charge in [-0.25, -0.2) is 0 Å². The van der Waals surface area contributed by atoms with Crippen LogP contribution in [0.1, 0.15) is 17.5 Å². The summed E-state index contributed by atoms with van der Waals surface area (Å²) >= 11 is 0. The van der Waals surface area contributed by atoms with Gasteiger partial charge in [0.2, 0.25) is 0 Å². The van der Waals surface area contributed by atoms with E-state index < -0.39 is 0 Å². The number of hydrogen-bond acceptors (Lipinski definition) is 2. The van der Waals surface area contributed by atoms with Gasteiger partial charge in [0.15, 0.2) is 0 Å². The molecule has 0 saturated carbocycles. The lowest BCUT2D eigenvalue weighted by atomic mass is 9.93. The van der Waals surface area contributed by atoms with Crippen molar-refractivity contribution in [2.75, 3.05) is 5.73 Å². The molecule has 0 heterocycles. The normalized spacial score (nSPS) is 22.8. The van der Waals surface area contributed by atoms with Gasteiger partial charge in [-0.15, -0.1) is 0 Å². The molecule has 0 radical (unpaired) electrons. The highest BCUT2D eigenvalue weighted by molar-refractivity contribution is 5.78. The second kappa shape index (κ2) is 2.89. The standard InChI is InChI=1S/C13H14N2/c14-10-1-3-12-8(6-10)5-9-7-11(15)2-4-13(9)12/h1,3-4,6-7,9H,2,5,14-15H2. The quantitative estimate of drug-likeness (QED) is 0.627. The number of hydrogen-bond donors (Lipinski definition) is 2. The number of fused-ring (bicyclic) bond motifs is 3. The first-order chi connectivity index (χ1) is 7.24. The third-order valence-corrected chi connectivity index (χ3v) is 3.25. The molecule has 0 amide bonds. The molecule has 2 nitrogen and oxygen atoms in total. The first-order valence-electron chi connectivity index (χ1n) is 5.29. The fourth-order valence-electron chi connectivity index (χ4n) is 2.58. The van der Waals surface area contributed by atoms with E-state index >= 15 is 0 Å². The highest BCUT2D eigenvalue weighted by atomic mass is 14.6. The van der Waals surface area contributed by atoms with Crippen LogP contribution >= 0.6 is 0 Å². The Bertz CT molecular complexity index is 483. The molecule has 1 aromatic carbocycles. The van der Waals surface area contributed by atoms with E-state index in [2.05, 4.69) is 24.3 Å². The summed E-state index contributed by atoms with van der Waals surface area (Å²) in [5.41, 5.74) is 17.6. The summed E-state index contributed by atoms with van der Waals surface area (Å²) in [7, 11) is 0. The minimum atomic E-state index is 0.482. The van der Waals surface area contributed by atoms with Crippen LogP contribution in [0.2, 0.25) is 0 Å². The second-order valence-corrected chi connectivity index (χ2v) is 4.33. The lowest BCUT2D eigenvalue weighted by molar-refractivity contribution is 0.834. The summed E-state index contributed by atoms with van der Waals surface area (Å²) in [6.07, 6.45) is 6.37. The van der Waals surface area contributed by atoms with E-state index in [-0.39, 0.29) is 0 Å². The van der Waals surface area contributed by atoms with Crippen molar-refractivity contribution in [3.05, 3.63) is 47.2 Å². The molecule has 76 valence electrons. The van der Waals surface area contributed by atoms with Gasteiger partial charge in [0.05, 0.1) is 0 Å². The van der Waals surface area contributed by atoms with Crippen LogP contribution < -0.4 is 11.5 Å². The number of allylic oxidation sites excluding steroid dienone is 3. The van der Waals surface area contributed by atoms with E-state index in [0.29, 0.717) is 5.92 Å². The molecular weight excluding hydrogens is 184 g/mol. The van der Waals surface area contributed by atoms with Gasteiger partial charge in [0.1, 0.15) is 0 Å². The Morgan fingerprint density at radius 1 is 1.20 bits per heavy atom. The van der Waals surface area contributed by atoms with Crippen molar-refractivity contribution < 1.29 is 0 Å². The predicted molar refractivity (Wildman–Crippen MR) is 62.9 cm³/mol. The first-order valence-corrected chi connectivity index (χ1v) is 5.29. The van der Waals surface area contributed by atoms with Crippen LogP contribution in [0.3, 0.4) is 0 Å². The van der Waals surface area contributed by atoms with Crippen molar-refractivity contribution in [3.63, 3.8) is 0 Å². The predicted octanol–water partition coefficient (Wildman–Crippen LogP) is 2.07. The Morgan fingerprint density at radius 3 is 2.93 bits per heavy atom. The topological polar surface area (TPSA) is 52.0 Å². The Labute approximate surface area is 89.3 Å². The second-order valence-electron chi connectivity index (χ2n) is 4.33. The van der Waals surface area contributed by atoms with Crippen LogP contribution in [0.25, 0.3) is 5.57 Å². The fraction of sp³-hybridized carbons (Fsp3) is 0.231. The summed E-state index contributed by atoms with van der Waals surface area (Å²) < 4.78 is 0. The molecule has 2 heteroatoms. The average molecular weight is 198 g/mol. The van der Waals surface area contributed by atoms with Gasteiger partial charge in [-0.3, -0.25) is 0 Å². The maximum Gasteiger partial charge on any atom is 0.0317 e. The number of anilines is 1. The Hall–Kier alpha value is -1.70. The van der Waals surface area contributed by atoms with Crippen molar-refractivity contribution in [2.24, 2.45) is 11.7 Å². The van der Waals surface area contributed by atoms with Crippen molar-refractivity contribution in [1.82, 2.24) is 0 Å². The van der Waals surface area contributed by atoms with E-state index in [1.807, 2.05) is 6.07 Å². The summed E-state index contributed by atoms with van der Waals surface area (Å²) in [4.78, 5) is 0. The van der Waals surface area contributed by atoms with Crippen LogP contribution in [-0.4, -0.2) is 0 Å².